The monoisotopic (exact) mass is 261 g/mol. The smallest absolute Gasteiger partial charge is 0.123 e. The molecule has 1 N–H and O–H groups in total. The molecule has 1 heterocycles. The van der Waals surface area contributed by atoms with Crippen molar-refractivity contribution >= 4 is 0 Å². The summed E-state index contributed by atoms with van der Waals surface area (Å²) in [6.07, 6.45) is 0. The minimum absolute atomic E-state index is 0.181. The van der Waals surface area contributed by atoms with Gasteiger partial charge < -0.3 is 9.73 Å². The molecule has 1 aromatic carbocycles. The van der Waals surface area contributed by atoms with E-state index in [1.54, 1.807) is 6.07 Å². The third kappa shape index (κ3) is 3.24. The maximum absolute atomic E-state index is 13.2. The van der Waals surface area contributed by atoms with Gasteiger partial charge in [-0.15, -0.1) is 0 Å². The van der Waals surface area contributed by atoms with Crippen LogP contribution in [0.5, 0.6) is 0 Å². The molecule has 1 aromatic heterocycles. The van der Waals surface area contributed by atoms with Crippen LogP contribution in [0.4, 0.5) is 4.39 Å². The molecule has 0 aliphatic rings. The second kappa shape index (κ2) is 5.57. The molecule has 0 aliphatic heterocycles. The highest BCUT2D eigenvalue weighted by Gasteiger charge is 2.12. The number of hydrogen-bond donors (Lipinski definition) is 1. The largest absolute Gasteiger partial charge is 0.466 e. The number of aryl methyl sites for hydroxylation is 3. The second-order valence-corrected chi connectivity index (χ2v) is 5.04. The lowest BCUT2D eigenvalue weighted by molar-refractivity contribution is 0.489. The molecule has 19 heavy (non-hydrogen) atoms. The van der Waals surface area contributed by atoms with E-state index in [2.05, 4.69) is 12.2 Å². The van der Waals surface area contributed by atoms with E-state index in [4.69, 9.17) is 4.42 Å². The van der Waals surface area contributed by atoms with Gasteiger partial charge in [0.2, 0.25) is 0 Å². The van der Waals surface area contributed by atoms with Gasteiger partial charge in [0.25, 0.3) is 0 Å². The molecule has 2 rings (SSSR count). The summed E-state index contributed by atoms with van der Waals surface area (Å²) < 4.78 is 18.7. The van der Waals surface area contributed by atoms with E-state index >= 15 is 0 Å². The molecule has 2 nitrogen and oxygen atoms in total. The van der Waals surface area contributed by atoms with Crippen LogP contribution in [-0.4, -0.2) is 0 Å². The minimum Gasteiger partial charge on any atom is -0.466 e. The average Bonchev–Trinajstić information content (AvgIpc) is 2.69. The third-order valence-corrected chi connectivity index (χ3v) is 3.46. The number of benzene rings is 1. The second-order valence-electron chi connectivity index (χ2n) is 5.04. The zero-order chi connectivity index (χ0) is 14.0. The zero-order valence-corrected chi connectivity index (χ0v) is 11.9. The van der Waals surface area contributed by atoms with Crippen molar-refractivity contribution in [2.45, 2.75) is 40.3 Å². The van der Waals surface area contributed by atoms with Crippen molar-refractivity contribution in [3.05, 3.63) is 58.3 Å². The van der Waals surface area contributed by atoms with Crippen molar-refractivity contribution in [1.82, 2.24) is 5.32 Å². The minimum atomic E-state index is -0.189. The zero-order valence-electron chi connectivity index (χ0n) is 11.9. The first kappa shape index (κ1) is 13.8. The van der Waals surface area contributed by atoms with Crippen molar-refractivity contribution in [3.63, 3.8) is 0 Å². The van der Waals surface area contributed by atoms with Crippen LogP contribution in [0.25, 0.3) is 0 Å². The van der Waals surface area contributed by atoms with E-state index in [1.165, 1.54) is 6.07 Å². The molecule has 0 amide bonds. The Morgan fingerprint density at radius 3 is 2.58 bits per heavy atom. The standard InChI is InChI=1S/C16H20FNO/c1-10-5-6-15(17)8-14(10)9-18-12(3)16-7-11(2)19-13(16)4/h5-8,12,18H,9H2,1-4H3. The molecule has 0 saturated carbocycles. The number of halogens is 1. The highest BCUT2D eigenvalue weighted by Crippen LogP contribution is 2.22. The summed E-state index contributed by atoms with van der Waals surface area (Å²) in [5, 5.41) is 3.41. The Morgan fingerprint density at radius 2 is 1.95 bits per heavy atom. The van der Waals surface area contributed by atoms with Crippen LogP contribution in [0, 0.1) is 26.6 Å². The van der Waals surface area contributed by atoms with Crippen LogP contribution in [0.15, 0.2) is 28.7 Å². The Kier molecular flexibility index (Phi) is 4.05. The maximum atomic E-state index is 13.2. The lowest BCUT2D eigenvalue weighted by Gasteiger charge is -2.14. The molecule has 0 fully saturated rings. The van der Waals surface area contributed by atoms with E-state index in [9.17, 15) is 4.39 Å². The Hall–Kier alpha value is -1.61. The summed E-state index contributed by atoms with van der Waals surface area (Å²) in [6, 6.07) is 7.12. The molecule has 0 bridgehead atoms. The highest BCUT2D eigenvalue weighted by molar-refractivity contribution is 5.27. The van der Waals surface area contributed by atoms with Crippen molar-refractivity contribution < 1.29 is 8.81 Å². The van der Waals surface area contributed by atoms with Gasteiger partial charge in [0, 0.05) is 18.2 Å². The van der Waals surface area contributed by atoms with Crippen molar-refractivity contribution in [3.8, 4) is 0 Å². The summed E-state index contributed by atoms with van der Waals surface area (Å²) >= 11 is 0. The summed E-state index contributed by atoms with van der Waals surface area (Å²) in [5.74, 6) is 1.67. The predicted octanol–water partition coefficient (Wildman–Crippen LogP) is 4.19. The van der Waals surface area contributed by atoms with Crippen molar-refractivity contribution in [1.29, 1.82) is 0 Å². The highest BCUT2D eigenvalue weighted by atomic mass is 19.1. The summed E-state index contributed by atoms with van der Waals surface area (Å²) in [5.41, 5.74) is 3.25. The molecule has 102 valence electrons. The van der Waals surface area contributed by atoms with Crippen LogP contribution < -0.4 is 5.32 Å². The molecule has 0 radical (unpaired) electrons. The average molecular weight is 261 g/mol. The molecular weight excluding hydrogens is 241 g/mol. The Bertz CT molecular complexity index is 574. The lowest BCUT2D eigenvalue weighted by Crippen LogP contribution is -2.19. The SMILES string of the molecule is Cc1cc(C(C)NCc2cc(F)ccc2C)c(C)o1. The normalized spacial score (nSPS) is 12.7. The van der Waals surface area contributed by atoms with Gasteiger partial charge in [0.05, 0.1) is 0 Å². The van der Waals surface area contributed by atoms with E-state index in [0.29, 0.717) is 6.54 Å². The van der Waals surface area contributed by atoms with Gasteiger partial charge in [-0.1, -0.05) is 6.07 Å². The van der Waals surface area contributed by atoms with E-state index in [1.807, 2.05) is 32.9 Å². The maximum Gasteiger partial charge on any atom is 0.123 e. The van der Waals surface area contributed by atoms with Crippen LogP contribution in [-0.2, 0) is 6.54 Å². The first-order valence-electron chi connectivity index (χ1n) is 6.52. The fourth-order valence-electron chi connectivity index (χ4n) is 2.28. The quantitative estimate of drug-likeness (QED) is 0.892. The Morgan fingerprint density at radius 1 is 1.21 bits per heavy atom. The molecular formula is C16H20FNO. The first-order valence-corrected chi connectivity index (χ1v) is 6.52. The molecule has 1 unspecified atom stereocenters. The molecule has 2 aromatic rings. The number of rotatable bonds is 4. The fourth-order valence-corrected chi connectivity index (χ4v) is 2.28. The Labute approximate surface area is 113 Å². The van der Waals surface area contributed by atoms with Gasteiger partial charge in [-0.3, -0.25) is 0 Å². The van der Waals surface area contributed by atoms with Gasteiger partial charge in [-0.25, -0.2) is 4.39 Å². The molecule has 1 atom stereocenters. The van der Waals surface area contributed by atoms with Crippen LogP contribution >= 0.6 is 0 Å². The van der Waals surface area contributed by atoms with E-state index in [0.717, 1.165) is 28.2 Å². The van der Waals surface area contributed by atoms with Gasteiger partial charge >= 0.3 is 0 Å². The molecule has 0 aliphatic carbocycles. The Balaban J connectivity index is 2.06. The van der Waals surface area contributed by atoms with Crippen molar-refractivity contribution in [2.75, 3.05) is 0 Å². The van der Waals surface area contributed by atoms with E-state index < -0.39 is 0 Å². The number of furan rings is 1. The molecule has 3 heteroatoms. The predicted molar refractivity (Wildman–Crippen MR) is 74.6 cm³/mol. The van der Waals surface area contributed by atoms with Gasteiger partial charge in [0.15, 0.2) is 0 Å². The van der Waals surface area contributed by atoms with Crippen molar-refractivity contribution in [2.24, 2.45) is 0 Å². The van der Waals surface area contributed by atoms with Gasteiger partial charge in [-0.05, 0) is 57.0 Å². The molecule has 0 saturated heterocycles. The lowest BCUT2D eigenvalue weighted by atomic mass is 10.1. The number of hydrogen-bond acceptors (Lipinski definition) is 2. The van der Waals surface area contributed by atoms with E-state index in [-0.39, 0.29) is 11.9 Å². The summed E-state index contributed by atoms with van der Waals surface area (Å²) in [7, 11) is 0. The number of nitrogens with one attached hydrogen (secondary N) is 1. The third-order valence-electron chi connectivity index (χ3n) is 3.46. The van der Waals surface area contributed by atoms with Crippen LogP contribution in [0.1, 0.15) is 41.2 Å². The van der Waals surface area contributed by atoms with Gasteiger partial charge in [-0.2, -0.15) is 0 Å². The summed E-state index contributed by atoms with van der Waals surface area (Å²) in [6.45, 7) is 8.64. The van der Waals surface area contributed by atoms with Crippen LogP contribution in [0.2, 0.25) is 0 Å². The summed E-state index contributed by atoms with van der Waals surface area (Å²) in [4.78, 5) is 0. The topological polar surface area (TPSA) is 25.2 Å². The molecule has 0 spiro atoms. The first-order chi connectivity index (χ1) is 8.97. The van der Waals surface area contributed by atoms with Crippen LogP contribution in [0.3, 0.4) is 0 Å². The van der Waals surface area contributed by atoms with Gasteiger partial charge in [0.1, 0.15) is 17.3 Å². The fraction of sp³-hybridized carbons (Fsp3) is 0.375.